The molecule has 44 nitrogen and oxygen atoms in total. The number of fused-ring (bicyclic) bond motifs is 3. The maximum atomic E-state index is 13.1. The van der Waals surface area contributed by atoms with Crippen LogP contribution < -0.4 is 83.9 Å². The molecule has 4 heterocycles. The summed E-state index contributed by atoms with van der Waals surface area (Å²) in [6.45, 7) is 18.3. The lowest BCUT2D eigenvalue weighted by atomic mass is 9.81. The molecule has 4 aliphatic rings. The zero-order valence-electron chi connectivity index (χ0n) is 83.1. The van der Waals surface area contributed by atoms with Crippen molar-refractivity contribution in [2.75, 3.05) is 155 Å². The van der Waals surface area contributed by atoms with Crippen LogP contribution in [0.25, 0.3) is 0 Å². The second-order valence-corrected chi connectivity index (χ2v) is 40.1. The van der Waals surface area contributed by atoms with Crippen molar-refractivity contribution in [3.63, 3.8) is 0 Å². The molecule has 3 aromatic carbocycles. The predicted octanol–water partition coefficient (Wildman–Crippen LogP) is 4.65. The van der Waals surface area contributed by atoms with E-state index in [9.17, 15) is 98.4 Å². The summed E-state index contributed by atoms with van der Waals surface area (Å²) in [5, 5.41) is 43.9. The number of nitrogens with one attached hydrogen (secondary N) is 12. The number of ether oxygens (including phenoxy) is 7. The van der Waals surface area contributed by atoms with E-state index in [4.69, 9.17) is 38.9 Å². The van der Waals surface area contributed by atoms with E-state index in [1.165, 1.54) is 50.4 Å². The van der Waals surface area contributed by atoms with Crippen molar-refractivity contribution in [2.45, 2.75) is 228 Å². The van der Waals surface area contributed by atoms with E-state index in [1.54, 1.807) is 26.0 Å². The number of esters is 1. The van der Waals surface area contributed by atoms with Crippen LogP contribution in [-0.2, 0) is 112 Å². The fraction of sp³-hybridized carbons (Fsp3) is 0.600. The van der Waals surface area contributed by atoms with Crippen LogP contribution in [0.1, 0.15) is 194 Å². The molecule has 12 amide bonds. The molecule has 7 rings (SSSR count). The van der Waals surface area contributed by atoms with Crippen LogP contribution in [0.4, 0.5) is 21.9 Å². The molecule has 2 saturated heterocycles. The van der Waals surface area contributed by atoms with Crippen LogP contribution in [0.2, 0.25) is 0 Å². The Hall–Kier alpha value is -11.2. The van der Waals surface area contributed by atoms with Crippen LogP contribution >= 0.6 is 23.5 Å². The molecule has 0 bridgehead atoms. The number of nitrogens with zero attached hydrogens (tertiary/aromatic N) is 3. The number of carbonyl (C=O) groups is 13. The zero-order chi connectivity index (χ0) is 105. The number of likely N-dealkylation sites (N-methyl/N-ethyl adjacent to an activating group) is 1. The molecule has 0 radical (unpaired) electrons. The molecule has 15 N–H and O–H groups in total. The number of anilines is 1. The second-order valence-electron chi connectivity index (χ2n) is 34.9. The fourth-order valence-electron chi connectivity index (χ4n) is 15.9. The van der Waals surface area contributed by atoms with Gasteiger partial charge in [0.2, 0.25) is 69.9 Å². The molecule has 48 heteroatoms. The Morgan fingerprint density at radius 3 is 1.87 bits per heavy atom. The maximum absolute atomic E-state index is 13.1. The van der Waals surface area contributed by atoms with Crippen LogP contribution in [0.15, 0.2) is 94.4 Å². The summed E-state index contributed by atoms with van der Waals surface area (Å²) >= 11 is 2.72. The van der Waals surface area contributed by atoms with Gasteiger partial charge in [0.25, 0.3) is 15.8 Å². The molecule has 0 spiro atoms. The lowest BCUT2D eigenvalue weighted by molar-refractivity contribution is -0.438. The quantitative estimate of drug-likeness (QED) is 0.00534. The molecule has 4 unspecified atom stereocenters. The van der Waals surface area contributed by atoms with E-state index in [0.717, 1.165) is 78.0 Å². The normalized spacial score (nSPS) is 16.3. The number of hydrogen-bond acceptors (Lipinski definition) is 31. The molecular weight excluding hydrogens is 1940 g/mol. The van der Waals surface area contributed by atoms with Crippen LogP contribution in [0.3, 0.4) is 0 Å². The van der Waals surface area contributed by atoms with Gasteiger partial charge in [0.15, 0.2) is 17.2 Å². The van der Waals surface area contributed by atoms with Crippen LogP contribution in [0.5, 0.6) is 11.5 Å². The number of nitro groups is 1. The molecule has 6 atom stereocenters. The molecule has 4 aliphatic heterocycles. The highest BCUT2D eigenvalue weighted by Gasteiger charge is 2.46. The number of thioether (sulfide) groups is 2. The fourth-order valence-corrected chi connectivity index (χ4v) is 19.1. The molecule has 3 aromatic rings. The molecule has 143 heavy (non-hydrogen) atoms. The smallest absolute Gasteiger partial charge is 0.315 e. The Morgan fingerprint density at radius 2 is 1.25 bits per heavy atom. The summed E-state index contributed by atoms with van der Waals surface area (Å²) in [5.74, 6) is -3.03. The van der Waals surface area contributed by atoms with Gasteiger partial charge in [-0.15, -0.1) is 0 Å². The number of unbranched alkanes of at least 4 members (excludes halogenated alkanes) is 6. The molecule has 2 fully saturated rings. The van der Waals surface area contributed by atoms with Crippen molar-refractivity contribution >= 4 is 143 Å². The summed E-state index contributed by atoms with van der Waals surface area (Å²) in [4.78, 5) is 172. The van der Waals surface area contributed by atoms with Gasteiger partial charge in [-0.1, -0.05) is 63.6 Å². The van der Waals surface area contributed by atoms with Gasteiger partial charge in [0.1, 0.15) is 42.0 Å². The molecule has 0 saturated carbocycles. The number of benzene rings is 3. The van der Waals surface area contributed by atoms with Gasteiger partial charge in [-0.25, -0.2) is 13.2 Å². The molecule has 0 aromatic heterocycles. The van der Waals surface area contributed by atoms with Crippen molar-refractivity contribution in [1.29, 1.82) is 0 Å². The van der Waals surface area contributed by atoms with E-state index >= 15 is 0 Å². The number of methoxy groups -OCH3 is 1. The van der Waals surface area contributed by atoms with Crippen LogP contribution in [-0.4, -0.2) is 297 Å². The summed E-state index contributed by atoms with van der Waals surface area (Å²) in [6, 6.07) is 9.41. The largest absolute Gasteiger partial charge is 0.744 e. The first kappa shape index (κ1) is 120. The van der Waals surface area contributed by atoms with Gasteiger partial charge >= 0.3 is 12.0 Å². The van der Waals surface area contributed by atoms with Crippen molar-refractivity contribution in [2.24, 2.45) is 5.73 Å². The average Bonchev–Trinajstić information content (AvgIpc) is 1.59. The van der Waals surface area contributed by atoms with Crippen molar-refractivity contribution in [3.05, 3.63) is 111 Å². The Kier molecular flexibility index (Phi) is 52.6. The summed E-state index contributed by atoms with van der Waals surface area (Å²) in [7, 11) is -7.69. The average molecular weight is 2080 g/mol. The molecular formula is C95H142N16O28S4. The lowest BCUT2D eigenvalue weighted by Gasteiger charge is -2.25. The highest BCUT2D eigenvalue weighted by atomic mass is 32.2. The standard InChI is InChI=1S/C52H71N7O14S3.C43H71N9O14S/c1-8-58-41-24-22-36(75(67,68)69)30-38(41)51(4,5)43(58)19-12-10-13-20-44-52(6,7)39-31-37(76(70,71)72)23-25-42(39)59(44)28-17-11-14-21-45(61)53-27-16-15-18-40(57-47(63)33-54-35(3)60)50(66)56-32-46(62)55-34-49(65)74-29-26-48(64)73-9-2;1-4-5-16-66-35-24-33(52(59)60)30(23-34(35)61-3)29(2)48-40(56)27-65-22-20-62-17-14-46-39(55)26-64-21-19-63-18-15-47-42(57)31(49-38(54)25-44)10-8-9-13-45-37(53)12-7-6-11-36-41-32(28-67-36)50-43(58)51-41/h10,12-13,19-20,22-25,30-31,40H,8-9,11,14-18,21,26-29,32-34H2,1-7H3,(H6-,53,54,55,56,57,60,61,62,63,66,67,68,69,70,71,72);23-24,29,31-32,36,41H,4-22,25-28,44H2,1-3H3,(H,45,53)(H,46,55)(H,47,57)(H,48,56)(H,49,54)(H2,50,51,58)/t40-;29?,31-,32?,36?,41?/m00/s1. The van der Waals surface area contributed by atoms with E-state index in [-0.39, 0.29) is 191 Å². The number of allylic oxidation sites excluding steroid dienone is 6. The molecule has 794 valence electrons. The van der Waals surface area contributed by atoms with Crippen molar-refractivity contribution in [1.82, 2.24) is 63.8 Å². The Labute approximate surface area is 843 Å². The number of hydrogen-bond donors (Lipinski definition) is 14. The minimum absolute atomic E-state index is 0.0304. The van der Waals surface area contributed by atoms with Gasteiger partial charge in [0, 0.05) is 110 Å². The first-order valence-electron chi connectivity index (χ1n) is 48.0. The third kappa shape index (κ3) is 41.8. The van der Waals surface area contributed by atoms with Crippen molar-refractivity contribution in [3.8, 4) is 11.5 Å². The number of amides is 12. The number of nitro benzene ring substituents is 1. The third-order valence-corrected chi connectivity index (χ3v) is 27.4. The van der Waals surface area contributed by atoms with E-state index in [2.05, 4.69) is 73.3 Å². The highest BCUT2D eigenvalue weighted by molar-refractivity contribution is 8.13. The minimum Gasteiger partial charge on any atom is -0.744 e. The first-order valence-corrected chi connectivity index (χ1v) is 52.9. The number of urea groups is 1. The Bertz CT molecular complexity index is 5190. The first-order chi connectivity index (χ1) is 68.1. The van der Waals surface area contributed by atoms with Gasteiger partial charge in [-0.05, 0) is 153 Å². The number of carbonyl (C=O) groups excluding carboxylic acids is 13. The molecule has 0 aliphatic carbocycles. The second kappa shape index (κ2) is 62.5. The Morgan fingerprint density at radius 1 is 0.636 bits per heavy atom. The topological polar surface area (TPSA) is 618 Å². The van der Waals surface area contributed by atoms with Gasteiger partial charge in [0.05, 0.1) is 142 Å². The van der Waals surface area contributed by atoms with E-state index in [1.807, 2.05) is 83.7 Å². The predicted molar refractivity (Wildman–Crippen MR) is 534 cm³/mol. The van der Waals surface area contributed by atoms with E-state index < -0.39 is 102 Å². The van der Waals surface area contributed by atoms with Crippen molar-refractivity contribution < 1.29 is 131 Å². The highest BCUT2D eigenvalue weighted by Crippen LogP contribution is 2.49. The SMILES string of the molecule is CCCCOc1cc([N+](=O)[O-])c(C(C)NC(=O)COCCOCCNC(=O)COCCOCCNC(=O)[C@H](CCCCNC(=O)CCCCC2SCC3NC(=O)NC32)NC(=O)CN)cc1OC.CCOC(=O)CCSC(=O)CNC(=O)CNC(=O)[C@H](CCCCNC(=O)CCCCC[N+]1=C(C=CC=CC=C2N(CC)c3ccc(S(=O)(=O)[O-])cc3C2(C)C)C(C)(C)c2cc(S(=O)(=O)O)ccc21)NC(=O)CNC(C)=O. The summed E-state index contributed by atoms with van der Waals surface area (Å²) in [5.41, 5.74) is 9.04. The maximum Gasteiger partial charge on any atom is 0.315 e. The summed E-state index contributed by atoms with van der Waals surface area (Å²) in [6.07, 6.45) is 19.0. The number of nitrogens with two attached hydrogens (primary N) is 1. The Balaban J connectivity index is 0.000000441. The van der Waals surface area contributed by atoms with Gasteiger partial charge in [-0.2, -0.15) is 24.8 Å². The third-order valence-electron chi connectivity index (χ3n) is 23.4. The number of rotatable bonds is 66. The van der Waals surface area contributed by atoms with E-state index in [0.29, 0.717) is 107 Å². The van der Waals surface area contributed by atoms with Gasteiger partial charge in [-0.3, -0.25) is 72.2 Å². The van der Waals surface area contributed by atoms with Gasteiger partial charge < -0.3 is 112 Å². The monoisotopic (exact) mass is 2080 g/mol. The lowest BCUT2D eigenvalue weighted by Crippen LogP contribution is -2.51. The van der Waals surface area contributed by atoms with Crippen LogP contribution in [0, 0.1) is 10.1 Å². The summed E-state index contributed by atoms with van der Waals surface area (Å²) < 4.78 is 109. The zero-order valence-corrected chi connectivity index (χ0v) is 86.3. The minimum atomic E-state index is -4.65.